The molecular weight excluding hydrogens is 382 g/mol. The lowest BCUT2D eigenvalue weighted by atomic mass is 9.99. The Labute approximate surface area is 165 Å². The normalized spacial score (nSPS) is 25.5. The Hall–Kier alpha value is -2.81. The van der Waals surface area contributed by atoms with Gasteiger partial charge in [0.1, 0.15) is 28.7 Å². The number of benzene rings is 1. The molecule has 0 bridgehead atoms. The standard InChI is InChI=1S/C19H19N3O5S/c1-9-11(12(21-27-9)10-7-5-4-6-8-10)15-20-13(17(23)24)16-22(15)14(18(25)26)19(2,3)28-16/h4-8,13-14,16H,1-3H3,(H,23,24)(H,25,26)/t13-,14+,16?/m0/s1. The van der Waals surface area contributed by atoms with Crippen LogP contribution >= 0.6 is 11.8 Å². The van der Waals surface area contributed by atoms with Crippen LogP contribution in [0.3, 0.4) is 0 Å². The first-order valence-electron chi connectivity index (χ1n) is 8.74. The number of fused-ring (bicyclic) bond motifs is 1. The Morgan fingerprint density at radius 1 is 1.18 bits per heavy atom. The van der Waals surface area contributed by atoms with Gasteiger partial charge in [-0.3, -0.25) is 0 Å². The van der Waals surface area contributed by atoms with Crippen molar-refractivity contribution in [3.8, 4) is 11.3 Å². The molecular formula is C19H19N3O5S. The fourth-order valence-corrected chi connectivity index (χ4v) is 5.46. The van der Waals surface area contributed by atoms with Crippen molar-refractivity contribution in [2.75, 3.05) is 0 Å². The molecule has 1 saturated heterocycles. The Balaban J connectivity index is 1.90. The number of hydrogen-bond acceptors (Lipinski definition) is 7. The zero-order valence-corrected chi connectivity index (χ0v) is 16.3. The van der Waals surface area contributed by atoms with Crippen molar-refractivity contribution < 1.29 is 24.3 Å². The van der Waals surface area contributed by atoms with Crippen LogP contribution in [0, 0.1) is 6.92 Å². The van der Waals surface area contributed by atoms with Gasteiger partial charge >= 0.3 is 11.9 Å². The van der Waals surface area contributed by atoms with Crippen molar-refractivity contribution in [2.24, 2.45) is 4.99 Å². The minimum Gasteiger partial charge on any atom is -0.480 e. The van der Waals surface area contributed by atoms with Gasteiger partial charge in [0.2, 0.25) is 0 Å². The molecule has 8 nitrogen and oxygen atoms in total. The second-order valence-electron chi connectivity index (χ2n) is 7.32. The number of carboxylic acids is 2. The molecule has 3 heterocycles. The van der Waals surface area contributed by atoms with Gasteiger partial charge in [-0.25, -0.2) is 14.6 Å². The van der Waals surface area contributed by atoms with Gasteiger partial charge in [-0.1, -0.05) is 35.5 Å². The number of aromatic nitrogens is 1. The first-order chi connectivity index (χ1) is 13.2. The smallest absolute Gasteiger partial charge is 0.331 e. The summed E-state index contributed by atoms with van der Waals surface area (Å²) in [7, 11) is 0. The van der Waals surface area contributed by atoms with Crippen molar-refractivity contribution in [1.29, 1.82) is 0 Å². The molecule has 1 fully saturated rings. The van der Waals surface area contributed by atoms with Crippen molar-refractivity contribution in [3.63, 3.8) is 0 Å². The molecule has 0 radical (unpaired) electrons. The number of carbonyl (C=O) groups is 2. The molecule has 2 N–H and O–H groups in total. The quantitative estimate of drug-likeness (QED) is 0.803. The van der Waals surface area contributed by atoms with Crippen LogP contribution < -0.4 is 0 Å². The van der Waals surface area contributed by atoms with E-state index < -0.39 is 34.1 Å². The molecule has 1 aromatic heterocycles. The number of hydrogen-bond donors (Lipinski definition) is 2. The largest absolute Gasteiger partial charge is 0.480 e. The number of aliphatic carboxylic acids is 2. The van der Waals surface area contributed by atoms with E-state index in [2.05, 4.69) is 10.1 Å². The van der Waals surface area contributed by atoms with E-state index in [1.807, 2.05) is 44.2 Å². The molecule has 0 spiro atoms. The second-order valence-corrected chi connectivity index (χ2v) is 9.09. The van der Waals surface area contributed by atoms with Crippen LogP contribution in [0.25, 0.3) is 11.3 Å². The van der Waals surface area contributed by atoms with Crippen LogP contribution in [0.5, 0.6) is 0 Å². The fourth-order valence-electron chi connectivity index (χ4n) is 3.85. The lowest BCUT2D eigenvalue weighted by Crippen LogP contribution is -2.50. The van der Waals surface area contributed by atoms with E-state index in [1.165, 1.54) is 11.8 Å². The van der Waals surface area contributed by atoms with Crippen LogP contribution in [0.15, 0.2) is 39.8 Å². The van der Waals surface area contributed by atoms with Crippen LogP contribution in [-0.4, -0.2) is 60.2 Å². The average Bonchev–Trinajstić information content (AvgIpc) is 3.24. The van der Waals surface area contributed by atoms with Crippen molar-refractivity contribution >= 4 is 29.5 Å². The molecule has 4 rings (SSSR count). The highest BCUT2D eigenvalue weighted by Crippen LogP contribution is 2.50. The second kappa shape index (κ2) is 6.37. The molecule has 3 atom stereocenters. The van der Waals surface area contributed by atoms with Gasteiger partial charge in [0.25, 0.3) is 0 Å². The number of amidine groups is 1. The average molecular weight is 401 g/mol. The summed E-state index contributed by atoms with van der Waals surface area (Å²) in [6, 6.07) is 7.32. The number of nitrogens with zero attached hydrogens (tertiary/aromatic N) is 3. The van der Waals surface area contributed by atoms with Gasteiger partial charge in [0, 0.05) is 10.3 Å². The molecule has 0 saturated carbocycles. The van der Waals surface area contributed by atoms with Gasteiger partial charge in [-0.05, 0) is 20.8 Å². The SMILES string of the molecule is Cc1onc(-c2ccccc2)c1C1=N[C@H](C(=O)O)C2SC(C)(C)[C@@H](C(=O)O)N12. The summed E-state index contributed by atoms with van der Waals surface area (Å²) < 4.78 is 4.70. The summed E-state index contributed by atoms with van der Waals surface area (Å²) in [5, 5.41) is 23.1. The van der Waals surface area contributed by atoms with E-state index in [0.29, 0.717) is 22.9 Å². The fraction of sp³-hybridized carbons (Fsp3) is 0.368. The predicted octanol–water partition coefficient (Wildman–Crippen LogP) is 2.47. The maximum absolute atomic E-state index is 12.1. The highest BCUT2D eigenvalue weighted by molar-refractivity contribution is 8.01. The Kier molecular flexibility index (Phi) is 4.22. The first-order valence-corrected chi connectivity index (χ1v) is 9.62. The van der Waals surface area contributed by atoms with E-state index in [-0.39, 0.29) is 0 Å². The van der Waals surface area contributed by atoms with E-state index in [9.17, 15) is 19.8 Å². The summed E-state index contributed by atoms with van der Waals surface area (Å²) in [5.41, 5.74) is 1.83. The number of aliphatic imine (C=N–C) groups is 1. The Morgan fingerprint density at radius 3 is 2.46 bits per heavy atom. The highest BCUT2D eigenvalue weighted by atomic mass is 32.2. The zero-order valence-electron chi connectivity index (χ0n) is 15.5. The van der Waals surface area contributed by atoms with E-state index in [1.54, 1.807) is 11.8 Å². The molecule has 1 unspecified atom stereocenters. The van der Waals surface area contributed by atoms with Gasteiger partial charge in [-0.2, -0.15) is 0 Å². The topological polar surface area (TPSA) is 116 Å². The lowest BCUT2D eigenvalue weighted by molar-refractivity contribution is -0.143. The molecule has 2 aromatic rings. The van der Waals surface area contributed by atoms with Gasteiger partial charge in [0.15, 0.2) is 6.04 Å². The summed E-state index contributed by atoms with van der Waals surface area (Å²) >= 11 is 1.32. The molecule has 2 aliphatic heterocycles. The number of thioether (sulfide) groups is 1. The summed E-state index contributed by atoms with van der Waals surface area (Å²) in [5.74, 6) is -1.34. The lowest BCUT2D eigenvalue weighted by Gasteiger charge is -2.29. The third-order valence-electron chi connectivity index (χ3n) is 5.03. The van der Waals surface area contributed by atoms with Gasteiger partial charge < -0.3 is 19.6 Å². The maximum atomic E-state index is 12.1. The highest BCUT2D eigenvalue weighted by Gasteiger charge is 2.59. The molecule has 0 aliphatic carbocycles. The Bertz CT molecular complexity index is 985. The molecule has 28 heavy (non-hydrogen) atoms. The van der Waals surface area contributed by atoms with Crippen molar-refractivity contribution in [2.45, 2.75) is 43.0 Å². The van der Waals surface area contributed by atoms with Gasteiger partial charge in [-0.15, -0.1) is 11.8 Å². The zero-order chi connectivity index (χ0) is 20.2. The predicted molar refractivity (Wildman–Crippen MR) is 103 cm³/mol. The van der Waals surface area contributed by atoms with E-state index in [0.717, 1.165) is 5.56 Å². The summed E-state index contributed by atoms with van der Waals surface area (Å²) in [6.07, 6.45) is 0. The third-order valence-corrected chi connectivity index (χ3v) is 6.59. The van der Waals surface area contributed by atoms with Crippen LogP contribution in [-0.2, 0) is 9.59 Å². The van der Waals surface area contributed by atoms with Gasteiger partial charge in [0.05, 0.1) is 5.56 Å². The van der Waals surface area contributed by atoms with E-state index >= 15 is 0 Å². The monoisotopic (exact) mass is 401 g/mol. The minimum absolute atomic E-state index is 0.306. The Morgan fingerprint density at radius 2 is 1.86 bits per heavy atom. The van der Waals surface area contributed by atoms with Crippen molar-refractivity contribution in [3.05, 3.63) is 41.7 Å². The van der Waals surface area contributed by atoms with Crippen LogP contribution in [0.1, 0.15) is 25.2 Å². The van der Waals surface area contributed by atoms with E-state index in [4.69, 9.17) is 4.52 Å². The number of aryl methyl sites for hydroxylation is 1. The minimum atomic E-state index is -1.09. The van der Waals surface area contributed by atoms with Crippen LogP contribution in [0.4, 0.5) is 0 Å². The van der Waals surface area contributed by atoms with Crippen molar-refractivity contribution in [1.82, 2.24) is 10.1 Å². The molecule has 146 valence electrons. The third kappa shape index (κ3) is 2.69. The van der Waals surface area contributed by atoms with Crippen LogP contribution in [0.2, 0.25) is 0 Å². The number of rotatable bonds is 4. The molecule has 0 amide bonds. The summed E-state index contributed by atoms with van der Waals surface area (Å²) in [6.45, 7) is 5.33. The molecule has 2 aliphatic rings. The molecule has 9 heteroatoms. The number of carboxylic acid groups (broad SMARTS) is 2. The maximum Gasteiger partial charge on any atom is 0.331 e. The first kappa shape index (κ1) is 18.5. The molecule has 1 aromatic carbocycles. The summed E-state index contributed by atoms with van der Waals surface area (Å²) in [4.78, 5) is 30.0.